The Morgan fingerprint density at radius 1 is 1.24 bits per heavy atom. The van der Waals surface area contributed by atoms with Gasteiger partial charge in [-0.15, -0.1) is 5.10 Å². The normalized spacial score (nSPS) is 10.6. The monoisotopic (exact) mass is 249 g/mol. The number of rotatable bonds is 6. The molecule has 6 heteroatoms. The maximum absolute atomic E-state index is 5.45. The van der Waals surface area contributed by atoms with Gasteiger partial charge in [-0.25, -0.2) is 0 Å². The van der Waals surface area contributed by atoms with Crippen molar-refractivity contribution in [2.45, 2.75) is 12.2 Å². The van der Waals surface area contributed by atoms with Crippen molar-refractivity contribution in [1.82, 2.24) is 20.2 Å². The zero-order chi connectivity index (χ0) is 11.9. The molecule has 0 aliphatic carbocycles. The van der Waals surface area contributed by atoms with Crippen LogP contribution < -0.4 is 5.73 Å². The molecule has 0 fully saturated rings. The third kappa shape index (κ3) is 3.28. The van der Waals surface area contributed by atoms with Gasteiger partial charge in [-0.3, -0.25) is 0 Å². The van der Waals surface area contributed by atoms with Gasteiger partial charge in [0.15, 0.2) is 5.82 Å². The maximum Gasteiger partial charge on any atom is 0.166 e. The summed E-state index contributed by atoms with van der Waals surface area (Å²) in [5.74, 6) is 2.72. The first kappa shape index (κ1) is 12.1. The predicted molar refractivity (Wildman–Crippen MR) is 69.0 cm³/mol. The average molecular weight is 249 g/mol. The van der Waals surface area contributed by atoms with Gasteiger partial charge in [0, 0.05) is 0 Å². The van der Waals surface area contributed by atoms with Gasteiger partial charge in [0.05, 0.1) is 11.4 Å². The molecule has 0 radical (unpaired) electrons. The number of thioether (sulfide) groups is 1. The van der Waals surface area contributed by atoms with Crippen molar-refractivity contribution in [3.63, 3.8) is 0 Å². The number of para-hydroxylation sites is 1. The van der Waals surface area contributed by atoms with Crippen LogP contribution in [0.4, 0.5) is 0 Å². The predicted octanol–water partition coefficient (Wildman–Crippen LogP) is 1.24. The Kier molecular flexibility index (Phi) is 4.52. The molecule has 0 saturated carbocycles. The summed E-state index contributed by atoms with van der Waals surface area (Å²) >= 11 is 1.80. The Labute approximate surface area is 104 Å². The van der Waals surface area contributed by atoms with Crippen LogP contribution in [0, 0.1) is 0 Å². The number of nitrogens with two attached hydrogens (primary N) is 1. The van der Waals surface area contributed by atoms with Crippen molar-refractivity contribution < 1.29 is 0 Å². The van der Waals surface area contributed by atoms with Crippen LogP contribution in [0.15, 0.2) is 30.3 Å². The second kappa shape index (κ2) is 6.36. The molecule has 0 atom stereocenters. The van der Waals surface area contributed by atoms with Crippen LogP contribution in [0.1, 0.15) is 12.2 Å². The van der Waals surface area contributed by atoms with E-state index in [1.165, 1.54) is 0 Å². The summed E-state index contributed by atoms with van der Waals surface area (Å²) in [5, 5.41) is 11.8. The number of hydrogen-bond acceptors (Lipinski definition) is 5. The van der Waals surface area contributed by atoms with Crippen molar-refractivity contribution >= 4 is 11.8 Å². The Balaban J connectivity index is 2.02. The first-order valence-corrected chi connectivity index (χ1v) is 6.68. The quantitative estimate of drug-likeness (QED) is 0.780. The molecule has 1 aromatic carbocycles. The summed E-state index contributed by atoms with van der Waals surface area (Å²) in [7, 11) is 0. The van der Waals surface area contributed by atoms with Gasteiger partial charge in [-0.2, -0.15) is 16.4 Å². The lowest BCUT2D eigenvalue weighted by Crippen LogP contribution is -2.03. The molecule has 1 heterocycles. The molecule has 0 aliphatic rings. The Bertz CT molecular complexity index is 442. The molecule has 1 aromatic heterocycles. The fraction of sp³-hybridized carbons (Fsp3) is 0.364. The molecule has 0 amide bonds. The van der Waals surface area contributed by atoms with E-state index < -0.39 is 0 Å². The molecule has 0 unspecified atom stereocenters. The lowest BCUT2D eigenvalue weighted by Gasteiger charge is -2.03. The van der Waals surface area contributed by atoms with E-state index in [1.54, 1.807) is 16.4 Å². The molecule has 0 saturated heterocycles. The minimum Gasteiger partial charge on any atom is -0.330 e. The highest BCUT2D eigenvalue weighted by molar-refractivity contribution is 7.98. The Hall–Kier alpha value is -1.40. The fourth-order valence-corrected chi connectivity index (χ4v) is 2.29. The molecular weight excluding hydrogens is 234 g/mol. The molecule has 2 aromatic rings. The third-order valence-corrected chi connectivity index (χ3v) is 3.30. The van der Waals surface area contributed by atoms with Crippen LogP contribution in [-0.2, 0) is 5.75 Å². The summed E-state index contributed by atoms with van der Waals surface area (Å²) in [6.07, 6.45) is 1.03. The number of aromatic nitrogens is 4. The van der Waals surface area contributed by atoms with E-state index in [-0.39, 0.29) is 0 Å². The minimum atomic E-state index is 0.733. The Morgan fingerprint density at radius 3 is 2.82 bits per heavy atom. The van der Waals surface area contributed by atoms with Crippen molar-refractivity contribution in [3.05, 3.63) is 36.2 Å². The second-order valence-electron chi connectivity index (χ2n) is 3.54. The van der Waals surface area contributed by atoms with Gasteiger partial charge in [-0.05, 0) is 41.3 Å². The van der Waals surface area contributed by atoms with Crippen LogP contribution >= 0.6 is 11.8 Å². The van der Waals surface area contributed by atoms with E-state index in [9.17, 15) is 0 Å². The van der Waals surface area contributed by atoms with Crippen LogP contribution in [0.25, 0.3) is 5.69 Å². The number of tetrazole rings is 1. The summed E-state index contributed by atoms with van der Waals surface area (Å²) in [6, 6.07) is 9.91. The van der Waals surface area contributed by atoms with Crippen LogP contribution in [0.5, 0.6) is 0 Å². The van der Waals surface area contributed by atoms with Gasteiger partial charge in [0.25, 0.3) is 0 Å². The highest BCUT2D eigenvalue weighted by atomic mass is 32.2. The summed E-state index contributed by atoms with van der Waals surface area (Å²) in [4.78, 5) is 0. The fourth-order valence-electron chi connectivity index (χ4n) is 1.41. The Morgan fingerprint density at radius 2 is 2.06 bits per heavy atom. The van der Waals surface area contributed by atoms with E-state index in [0.29, 0.717) is 0 Å². The molecule has 2 N–H and O–H groups in total. The first-order valence-electron chi connectivity index (χ1n) is 5.52. The molecule has 2 rings (SSSR count). The molecule has 0 aliphatic heterocycles. The van der Waals surface area contributed by atoms with Gasteiger partial charge < -0.3 is 5.73 Å². The van der Waals surface area contributed by atoms with Gasteiger partial charge in [0.2, 0.25) is 0 Å². The van der Waals surface area contributed by atoms with E-state index in [1.807, 2.05) is 30.3 Å². The highest BCUT2D eigenvalue weighted by Crippen LogP contribution is 2.13. The zero-order valence-corrected chi connectivity index (χ0v) is 10.3. The van der Waals surface area contributed by atoms with Gasteiger partial charge in [-0.1, -0.05) is 18.2 Å². The van der Waals surface area contributed by atoms with Crippen LogP contribution in [-0.4, -0.2) is 32.5 Å². The molecule has 0 spiro atoms. The van der Waals surface area contributed by atoms with Crippen molar-refractivity contribution in [1.29, 1.82) is 0 Å². The first-order chi connectivity index (χ1) is 8.42. The topological polar surface area (TPSA) is 69.6 Å². The van der Waals surface area contributed by atoms with E-state index in [0.717, 1.165) is 36.0 Å². The largest absolute Gasteiger partial charge is 0.330 e. The molecule has 5 nitrogen and oxygen atoms in total. The standard InChI is InChI=1S/C11H15N5S/c12-7-4-8-17-9-11-13-14-15-16(11)10-5-2-1-3-6-10/h1-3,5-6H,4,7-9,12H2. The average Bonchev–Trinajstić information content (AvgIpc) is 2.84. The zero-order valence-electron chi connectivity index (χ0n) is 9.49. The molecule has 17 heavy (non-hydrogen) atoms. The lowest BCUT2D eigenvalue weighted by molar-refractivity contribution is 0.777. The molecular formula is C11H15N5S. The van der Waals surface area contributed by atoms with Gasteiger partial charge >= 0.3 is 0 Å². The van der Waals surface area contributed by atoms with E-state index in [2.05, 4.69) is 15.5 Å². The minimum absolute atomic E-state index is 0.733. The van der Waals surface area contributed by atoms with Gasteiger partial charge in [0.1, 0.15) is 0 Å². The molecule has 0 bridgehead atoms. The van der Waals surface area contributed by atoms with Crippen molar-refractivity contribution in [3.8, 4) is 5.69 Å². The highest BCUT2D eigenvalue weighted by Gasteiger charge is 2.07. The number of benzene rings is 1. The van der Waals surface area contributed by atoms with Crippen molar-refractivity contribution in [2.24, 2.45) is 5.73 Å². The number of hydrogen-bond donors (Lipinski definition) is 1. The second-order valence-corrected chi connectivity index (χ2v) is 4.64. The van der Waals surface area contributed by atoms with Crippen molar-refractivity contribution in [2.75, 3.05) is 12.3 Å². The summed E-state index contributed by atoms with van der Waals surface area (Å²) < 4.78 is 1.77. The van der Waals surface area contributed by atoms with Crippen LogP contribution in [0.3, 0.4) is 0 Å². The van der Waals surface area contributed by atoms with E-state index in [4.69, 9.17) is 5.73 Å². The SMILES string of the molecule is NCCCSCc1nnnn1-c1ccccc1. The summed E-state index contributed by atoms with van der Waals surface area (Å²) in [5.41, 5.74) is 6.44. The lowest BCUT2D eigenvalue weighted by atomic mass is 10.3. The smallest absolute Gasteiger partial charge is 0.166 e. The molecule has 90 valence electrons. The summed E-state index contributed by atoms with van der Waals surface area (Å²) in [6.45, 7) is 0.733. The number of nitrogens with zero attached hydrogens (tertiary/aromatic N) is 4. The van der Waals surface area contributed by atoms with E-state index >= 15 is 0 Å². The third-order valence-electron chi connectivity index (χ3n) is 2.26. The van der Waals surface area contributed by atoms with Crippen LogP contribution in [0.2, 0.25) is 0 Å². The maximum atomic E-state index is 5.45.